The summed E-state index contributed by atoms with van der Waals surface area (Å²) in [5, 5.41) is 0. The van der Waals surface area contributed by atoms with Crippen molar-refractivity contribution >= 4 is 0 Å². The van der Waals surface area contributed by atoms with E-state index < -0.39 is 0 Å². The number of ether oxygens (including phenoxy) is 1. The van der Waals surface area contributed by atoms with E-state index in [2.05, 4.69) is 28.9 Å². The van der Waals surface area contributed by atoms with E-state index in [0.29, 0.717) is 12.6 Å². The number of benzene rings is 1. The Hall–Kier alpha value is -1.10. The topological polar surface area (TPSA) is 41.7 Å². The molecule has 0 aromatic heterocycles. The minimum atomic E-state index is 0.324. The minimum absolute atomic E-state index is 0.324. The number of nitrogens with zero attached hydrogens (tertiary/aromatic N) is 2. The van der Waals surface area contributed by atoms with Gasteiger partial charge in [0.2, 0.25) is 0 Å². The molecular weight excluding hydrogens is 238 g/mol. The second-order valence-corrected chi connectivity index (χ2v) is 4.99. The summed E-state index contributed by atoms with van der Waals surface area (Å²) < 4.78 is 5.21. The van der Waals surface area contributed by atoms with Crippen LogP contribution in [0.5, 0.6) is 5.75 Å². The number of hydrogen-bond acceptors (Lipinski definition) is 4. The van der Waals surface area contributed by atoms with Crippen molar-refractivity contribution in [3.8, 4) is 5.75 Å². The SMILES string of the molecule is CCN1CCN(C(CN)c2ccc(OC)cc2)CC1. The summed E-state index contributed by atoms with van der Waals surface area (Å²) in [4.78, 5) is 4.98. The van der Waals surface area contributed by atoms with Crippen LogP contribution in [-0.2, 0) is 0 Å². The normalized spacial score (nSPS) is 19.3. The minimum Gasteiger partial charge on any atom is -0.497 e. The predicted molar refractivity (Wildman–Crippen MR) is 78.5 cm³/mol. The molecule has 1 aliphatic heterocycles. The molecule has 1 aromatic rings. The zero-order valence-corrected chi connectivity index (χ0v) is 12.0. The zero-order chi connectivity index (χ0) is 13.7. The van der Waals surface area contributed by atoms with Gasteiger partial charge in [-0.1, -0.05) is 19.1 Å². The Labute approximate surface area is 116 Å². The maximum Gasteiger partial charge on any atom is 0.118 e. The van der Waals surface area contributed by atoms with Gasteiger partial charge in [0.05, 0.1) is 7.11 Å². The summed E-state index contributed by atoms with van der Waals surface area (Å²) in [6.07, 6.45) is 0. The van der Waals surface area contributed by atoms with E-state index >= 15 is 0 Å². The Morgan fingerprint density at radius 3 is 2.26 bits per heavy atom. The summed E-state index contributed by atoms with van der Waals surface area (Å²) >= 11 is 0. The van der Waals surface area contributed by atoms with E-state index in [4.69, 9.17) is 10.5 Å². The van der Waals surface area contributed by atoms with E-state index in [0.717, 1.165) is 38.5 Å². The van der Waals surface area contributed by atoms with Crippen LogP contribution in [0.1, 0.15) is 18.5 Å². The fraction of sp³-hybridized carbons (Fsp3) is 0.600. The van der Waals surface area contributed by atoms with Crippen LogP contribution in [-0.4, -0.2) is 56.2 Å². The first-order valence-corrected chi connectivity index (χ1v) is 7.09. The number of nitrogens with two attached hydrogens (primary N) is 1. The monoisotopic (exact) mass is 263 g/mol. The summed E-state index contributed by atoms with van der Waals surface area (Å²) in [5.74, 6) is 0.898. The van der Waals surface area contributed by atoms with E-state index in [1.807, 2.05) is 12.1 Å². The molecular formula is C15H25N3O. The summed E-state index contributed by atoms with van der Waals surface area (Å²) in [6.45, 7) is 8.51. The van der Waals surface area contributed by atoms with E-state index in [1.54, 1.807) is 7.11 Å². The van der Waals surface area contributed by atoms with E-state index in [9.17, 15) is 0 Å². The van der Waals surface area contributed by atoms with Crippen molar-refractivity contribution in [2.45, 2.75) is 13.0 Å². The second-order valence-electron chi connectivity index (χ2n) is 4.99. The fourth-order valence-corrected chi connectivity index (χ4v) is 2.71. The highest BCUT2D eigenvalue weighted by atomic mass is 16.5. The first kappa shape index (κ1) is 14.3. The maximum absolute atomic E-state index is 5.99. The Bertz CT molecular complexity index is 371. The second kappa shape index (κ2) is 6.89. The molecule has 1 saturated heterocycles. The lowest BCUT2D eigenvalue weighted by Gasteiger charge is -2.38. The predicted octanol–water partition coefficient (Wildman–Crippen LogP) is 1.33. The molecule has 1 fully saturated rings. The molecule has 2 rings (SSSR count). The van der Waals surface area contributed by atoms with Gasteiger partial charge >= 0.3 is 0 Å². The van der Waals surface area contributed by atoms with Crippen molar-refractivity contribution in [2.24, 2.45) is 5.73 Å². The smallest absolute Gasteiger partial charge is 0.118 e. The van der Waals surface area contributed by atoms with Crippen LogP contribution in [0.25, 0.3) is 0 Å². The van der Waals surface area contributed by atoms with Gasteiger partial charge in [-0.25, -0.2) is 0 Å². The third kappa shape index (κ3) is 3.47. The van der Waals surface area contributed by atoms with Gasteiger partial charge in [-0.15, -0.1) is 0 Å². The lowest BCUT2D eigenvalue weighted by Crippen LogP contribution is -2.48. The highest BCUT2D eigenvalue weighted by molar-refractivity contribution is 5.29. The Morgan fingerprint density at radius 1 is 1.16 bits per heavy atom. The Morgan fingerprint density at radius 2 is 1.79 bits per heavy atom. The van der Waals surface area contributed by atoms with Crippen LogP contribution in [0.4, 0.5) is 0 Å². The highest BCUT2D eigenvalue weighted by Gasteiger charge is 2.23. The zero-order valence-electron chi connectivity index (χ0n) is 12.0. The van der Waals surface area contributed by atoms with Crippen molar-refractivity contribution < 1.29 is 4.74 Å². The number of rotatable bonds is 5. The number of piperazine rings is 1. The summed E-state index contributed by atoms with van der Waals surface area (Å²) in [6, 6.07) is 8.61. The highest BCUT2D eigenvalue weighted by Crippen LogP contribution is 2.23. The fourth-order valence-electron chi connectivity index (χ4n) is 2.71. The molecule has 0 radical (unpaired) electrons. The number of methoxy groups -OCH3 is 1. The average molecular weight is 263 g/mol. The molecule has 106 valence electrons. The van der Waals surface area contributed by atoms with Gasteiger partial charge in [-0.05, 0) is 24.2 Å². The molecule has 1 unspecified atom stereocenters. The molecule has 1 aliphatic rings. The third-order valence-electron chi connectivity index (χ3n) is 4.02. The van der Waals surface area contributed by atoms with E-state index in [-0.39, 0.29) is 0 Å². The molecule has 0 spiro atoms. The third-order valence-corrected chi connectivity index (χ3v) is 4.02. The van der Waals surface area contributed by atoms with Crippen molar-refractivity contribution in [3.05, 3.63) is 29.8 Å². The van der Waals surface area contributed by atoms with Crippen LogP contribution < -0.4 is 10.5 Å². The Balaban J connectivity index is 2.03. The van der Waals surface area contributed by atoms with E-state index in [1.165, 1.54) is 5.56 Å². The number of hydrogen-bond donors (Lipinski definition) is 1. The molecule has 0 bridgehead atoms. The molecule has 1 heterocycles. The lowest BCUT2D eigenvalue weighted by molar-refractivity contribution is 0.102. The Kier molecular flexibility index (Phi) is 5.19. The van der Waals surface area contributed by atoms with Gasteiger partial charge in [-0.3, -0.25) is 4.90 Å². The standard InChI is InChI=1S/C15H25N3O/c1-3-17-8-10-18(11-9-17)15(12-16)13-4-6-14(19-2)7-5-13/h4-7,15H,3,8-12,16H2,1-2H3. The van der Waals surface area contributed by atoms with Crippen molar-refractivity contribution in [2.75, 3.05) is 46.4 Å². The van der Waals surface area contributed by atoms with Crippen molar-refractivity contribution in [1.82, 2.24) is 9.80 Å². The lowest BCUT2D eigenvalue weighted by atomic mass is 10.0. The molecule has 4 nitrogen and oxygen atoms in total. The summed E-state index contributed by atoms with van der Waals surface area (Å²) in [7, 11) is 1.69. The van der Waals surface area contributed by atoms with Crippen molar-refractivity contribution in [3.63, 3.8) is 0 Å². The largest absolute Gasteiger partial charge is 0.497 e. The van der Waals surface area contributed by atoms with Crippen molar-refractivity contribution in [1.29, 1.82) is 0 Å². The molecule has 0 saturated carbocycles. The molecule has 0 amide bonds. The maximum atomic E-state index is 5.99. The van der Waals surface area contributed by atoms with Crippen LogP contribution in [0.15, 0.2) is 24.3 Å². The van der Waals surface area contributed by atoms with Gasteiger partial charge in [0.15, 0.2) is 0 Å². The first-order chi connectivity index (χ1) is 9.28. The molecule has 1 atom stereocenters. The average Bonchev–Trinajstić information content (AvgIpc) is 2.49. The van der Waals surface area contributed by atoms with Gasteiger partial charge in [0, 0.05) is 38.8 Å². The molecule has 4 heteroatoms. The van der Waals surface area contributed by atoms with Gasteiger partial charge in [0.1, 0.15) is 5.75 Å². The van der Waals surface area contributed by atoms with Crippen LogP contribution in [0.3, 0.4) is 0 Å². The summed E-state index contributed by atoms with van der Waals surface area (Å²) in [5.41, 5.74) is 7.27. The first-order valence-electron chi connectivity index (χ1n) is 7.09. The quantitative estimate of drug-likeness (QED) is 0.870. The molecule has 0 aliphatic carbocycles. The molecule has 2 N–H and O–H groups in total. The molecule has 19 heavy (non-hydrogen) atoms. The van der Waals surface area contributed by atoms with Gasteiger partial charge in [-0.2, -0.15) is 0 Å². The van der Waals surface area contributed by atoms with Crippen LogP contribution >= 0.6 is 0 Å². The molecule has 1 aromatic carbocycles. The van der Waals surface area contributed by atoms with Crippen LogP contribution in [0.2, 0.25) is 0 Å². The van der Waals surface area contributed by atoms with Gasteiger partial charge < -0.3 is 15.4 Å². The number of likely N-dealkylation sites (N-methyl/N-ethyl adjacent to an activating group) is 1. The van der Waals surface area contributed by atoms with Gasteiger partial charge in [0.25, 0.3) is 0 Å². The van der Waals surface area contributed by atoms with Crippen LogP contribution in [0, 0.1) is 0 Å².